The van der Waals surface area contributed by atoms with Gasteiger partial charge in [-0.2, -0.15) is 0 Å². The molecule has 0 spiro atoms. The van der Waals surface area contributed by atoms with E-state index in [1.165, 1.54) is 25.0 Å². The van der Waals surface area contributed by atoms with Crippen LogP contribution < -0.4 is 10.0 Å². The molecule has 0 aliphatic heterocycles. The fourth-order valence-corrected chi connectivity index (χ4v) is 3.29. The van der Waals surface area contributed by atoms with Crippen LogP contribution in [0.2, 0.25) is 0 Å². The maximum Gasteiger partial charge on any atom is 0.270 e. The summed E-state index contributed by atoms with van der Waals surface area (Å²) in [4.78, 5) is 10.1. The summed E-state index contributed by atoms with van der Waals surface area (Å²) < 4.78 is 26.9. The lowest BCUT2D eigenvalue weighted by Crippen LogP contribution is -2.28. The molecule has 1 aliphatic rings. The number of nitro benzene ring substituents is 1. The van der Waals surface area contributed by atoms with E-state index in [1.807, 2.05) is 0 Å². The minimum absolute atomic E-state index is 0.0353. The molecule has 0 bridgehead atoms. The standard InChI is InChI=1S/C13H19N3O4S/c1-10-3-6-12(16(17)18)9-13(10)21(19,20)15-8-2-7-14-11-4-5-11/h3,6,9,11,14-15H,2,4-5,7-8H2,1H3. The van der Waals surface area contributed by atoms with Gasteiger partial charge >= 0.3 is 0 Å². The molecule has 2 rings (SSSR count). The van der Waals surface area contributed by atoms with Gasteiger partial charge in [-0.15, -0.1) is 0 Å². The van der Waals surface area contributed by atoms with Crippen LogP contribution in [-0.2, 0) is 10.0 Å². The van der Waals surface area contributed by atoms with E-state index in [1.54, 1.807) is 6.92 Å². The Morgan fingerprint density at radius 1 is 1.33 bits per heavy atom. The Morgan fingerprint density at radius 3 is 2.67 bits per heavy atom. The van der Waals surface area contributed by atoms with Crippen LogP contribution in [0.5, 0.6) is 0 Å². The molecule has 1 aromatic carbocycles. The molecule has 0 saturated heterocycles. The van der Waals surface area contributed by atoms with Gasteiger partial charge in [-0.25, -0.2) is 13.1 Å². The summed E-state index contributed by atoms with van der Waals surface area (Å²) in [7, 11) is -3.71. The van der Waals surface area contributed by atoms with E-state index in [2.05, 4.69) is 10.0 Å². The Balaban J connectivity index is 1.97. The van der Waals surface area contributed by atoms with Crippen molar-refractivity contribution in [1.82, 2.24) is 10.0 Å². The monoisotopic (exact) mass is 313 g/mol. The highest BCUT2D eigenvalue weighted by molar-refractivity contribution is 7.89. The van der Waals surface area contributed by atoms with Crippen molar-refractivity contribution < 1.29 is 13.3 Å². The van der Waals surface area contributed by atoms with Gasteiger partial charge in [-0.1, -0.05) is 6.07 Å². The van der Waals surface area contributed by atoms with Crippen LogP contribution in [-0.4, -0.2) is 32.5 Å². The zero-order valence-corrected chi connectivity index (χ0v) is 12.6. The third kappa shape index (κ3) is 4.48. The van der Waals surface area contributed by atoms with E-state index in [-0.39, 0.29) is 10.6 Å². The fraction of sp³-hybridized carbons (Fsp3) is 0.538. The lowest BCUT2D eigenvalue weighted by Gasteiger charge is -2.09. The average Bonchev–Trinajstić information content (AvgIpc) is 3.22. The number of sulfonamides is 1. The summed E-state index contributed by atoms with van der Waals surface area (Å²) >= 11 is 0. The van der Waals surface area contributed by atoms with Gasteiger partial charge in [-0.05, 0) is 38.3 Å². The number of rotatable bonds is 8. The molecule has 0 heterocycles. The molecular formula is C13H19N3O4S. The molecule has 0 aromatic heterocycles. The number of hydrogen-bond donors (Lipinski definition) is 2. The lowest BCUT2D eigenvalue weighted by molar-refractivity contribution is -0.385. The Kier molecular flexibility index (Phi) is 4.92. The first kappa shape index (κ1) is 15.9. The zero-order valence-electron chi connectivity index (χ0n) is 11.8. The van der Waals surface area contributed by atoms with Crippen LogP contribution in [0, 0.1) is 17.0 Å². The van der Waals surface area contributed by atoms with Gasteiger partial charge in [0.05, 0.1) is 9.82 Å². The van der Waals surface area contributed by atoms with Gasteiger partial charge in [0, 0.05) is 24.7 Å². The minimum Gasteiger partial charge on any atom is -0.314 e. The molecule has 1 saturated carbocycles. The van der Waals surface area contributed by atoms with Gasteiger partial charge in [0.1, 0.15) is 0 Å². The molecule has 0 amide bonds. The number of nitro groups is 1. The molecule has 1 aromatic rings. The van der Waals surface area contributed by atoms with Crippen LogP contribution in [0.25, 0.3) is 0 Å². The number of nitrogens with one attached hydrogen (secondary N) is 2. The van der Waals surface area contributed by atoms with Crippen molar-refractivity contribution in [2.75, 3.05) is 13.1 Å². The Morgan fingerprint density at radius 2 is 2.05 bits per heavy atom. The first-order valence-electron chi connectivity index (χ1n) is 6.88. The molecule has 8 heteroatoms. The van der Waals surface area contributed by atoms with Crippen LogP contribution in [0.3, 0.4) is 0 Å². The van der Waals surface area contributed by atoms with Crippen molar-refractivity contribution in [3.05, 3.63) is 33.9 Å². The highest BCUT2D eigenvalue weighted by Gasteiger charge is 2.21. The largest absolute Gasteiger partial charge is 0.314 e. The SMILES string of the molecule is Cc1ccc([N+](=O)[O-])cc1S(=O)(=O)NCCCNC1CC1. The molecule has 2 N–H and O–H groups in total. The second-order valence-electron chi connectivity index (χ2n) is 5.19. The van der Waals surface area contributed by atoms with Crippen LogP contribution >= 0.6 is 0 Å². The van der Waals surface area contributed by atoms with Gasteiger partial charge in [0.25, 0.3) is 5.69 Å². The van der Waals surface area contributed by atoms with E-state index >= 15 is 0 Å². The Bertz CT molecular complexity index is 626. The summed E-state index contributed by atoms with van der Waals surface area (Å²) in [5.74, 6) is 0. The Hall–Kier alpha value is -1.51. The van der Waals surface area contributed by atoms with E-state index in [0.29, 0.717) is 24.6 Å². The fourth-order valence-electron chi connectivity index (χ4n) is 1.96. The molecule has 0 radical (unpaired) electrons. The molecule has 7 nitrogen and oxygen atoms in total. The number of nitrogens with zero attached hydrogens (tertiary/aromatic N) is 1. The van der Waals surface area contributed by atoms with Crippen molar-refractivity contribution in [2.45, 2.75) is 37.1 Å². The first-order valence-corrected chi connectivity index (χ1v) is 8.36. The predicted molar refractivity (Wildman–Crippen MR) is 78.7 cm³/mol. The number of hydrogen-bond acceptors (Lipinski definition) is 5. The molecule has 0 unspecified atom stereocenters. The zero-order chi connectivity index (χ0) is 15.5. The van der Waals surface area contributed by atoms with Gasteiger partial charge in [0.2, 0.25) is 10.0 Å². The van der Waals surface area contributed by atoms with E-state index in [0.717, 1.165) is 12.6 Å². The van der Waals surface area contributed by atoms with E-state index < -0.39 is 14.9 Å². The summed E-state index contributed by atoms with van der Waals surface area (Å²) in [6, 6.07) is 4.44. The second kappa shape index (κ2) is 6.50. The molecule has 1 aliphatic carbocycles. The first-order chi connectivity index (χ1) is 9.90. The highest BCUT2D eigenvalue weighted by atomic mass is 32.2. The third-order valence-electron chi connectivity index (χ3n) is 3.33. The summed E-state index contributed by atoms with van der Waals surface area (Å²) in [5, 5.41) is 14.0. The van der Waals surface area contributed by atoms with Crippen LogP contribution in [0.15, 0.2) is 23.1 Å². The molecule has 21 heavy (non-hydrogen) atoms. The summed E-state index contributed by atoms with van der Waals surface area (Å²) in [6.07, 6.45) is 3.07. The predicted octanol–water partition coefficient (Wildman–Crippen LogP) is 1.32. The molecular weight excluding hydrogens is 294 g/mol. The quantitative estimate of drug-likeness (QED) is 0.428. The van der Waals surface area contributed by atoms with E-state index in [4.69, 9.17) is 0 Å². The van der Waals surface area contributed by atoms with Crippen LogP contribution in [0.4, 0.5) is 5.69 Å². The van der Waals surface area contributed by atoms with Crippen molar-refractivity contribution in [3.8, 4) is 0 Å². The van der Waals surface area contributed by atoms with Gasteiger partial charge in [-0.3, -0.25) is 10.1 Å². The van der Waals surface area contributed by atoms with Gasteiger partial charge < -0.3 is 5.32 Å². The van der Waals surface area contributed by atoms with Crippen molar-refractivity contribution in [1.29, 1.82) is 0 Å². The molecule has 0 atom stereocenters. The second-order valence-corrected chi connectivity index (χ2v) is 6.92. The normalized spacial score (nSPS) is 15.1. The Labute approximate surface area is 123 Å². The maximum absolute atomic E-state index is 12.2. The minimum atomic E-state index is -3.71. The third-order valence-corrected chi connectivity index (χ3v) is 4.93. The molecule has 116 valence electrons. The molecule has 1 fully saturated rings. The van der Waals surface area contributed by atoms with Crippen molar-refractivity contribution in [3.63, 3.8) is 0 Å². The summed E-state index contributed by atoms with van der Waals surface area (Å²) in [6.45, 7) is 2.69. The van der Waals surface area contributed by atoms with Crippen LogP contribution in [0.1, 0.15) is 24.8 Å². The van der Waals surface area contributed by atoms with Crippen molar-refractivity contribution in [2.24, 2.45) is 0 Å². The summed E-state index contributed by atoms with van der Waals surface area (Å²) in [5.41, 5.74) is 0.264. The number of aryl methyl sites for hydroxylation is 1. The smallest absolute Gasteiger partial charge is 0.270 e. The van der Waals surface area contributed by atoms with E-state index in [9.17, 15) is 18.5 Å². The van der Waals surface area contributed by atoms with Gasteiger partial charge in [0.15, 0.2) is 0 Å². The number of benzene rings is 1. The number of non-ortho nitro benzene ring substituents is 1. The topological polar surface area (TPSA) is 101 Å². The highest BCUT2D eigenvalue weighted by Crippen LogP contribution is 2.21. The lowest BCUT2D eigenvalue weighted by atomic mass is 10.2. The van der Waals surface area contributed by atoms with Crippen molar-refractivity contribution >= 4 is 15.7 Å². The average molecular weight is 313 g/mol. The maximum atomic E-state index is 12.2.